The number of ketones is 1. The van der Waals surface area contributed by atoms with Crippen molar-refractivity contribution in [1.29, 1.82) is 0 Å². The van der Waals surface area contributed by atoms with E-state index in [9.17, 15) is 14.4 Å². The van der Waals surface area contributed by atoms with Crippen molar-refractivity contribution in [1.82, 2.24) is 4.90 Å². The molecule has 0 aromatic heterocycles. The molecule has 0 aromatic carbocycles. The SMILES string of the molecule is CCOC(=O)C1CC12CN(C(=O)OC(C)(C)C)CCC2=O. The number of amides is 1. The number of carbonyl (C=O) groups is 3. The second kappa shape index (κ2) is 5.31. The fraction of sp³-hybridized carbons (Fsp3) is 0.800. The van der Waals surface area contributed by atoms with Crippen LogP contribution in [0.4, 0.5) is 4.79 Å². The minimum atomic E-state index is -0.735. The number of nitrogens with zero attached hydrogens (tertiary/aromatic N) is 1. The molecule has 0 radical (unpaired) electrons. The molecule has 0 aromatic rings. The number of carbonyl (C=O) groups excluding carboxylic acids is 3. The molecule has 118 valence electrons. The average molecular weight is 297 g/mol. The second-order valence-corrected chi connectivity index (χ2v) is 6.74. The zero-order chi connectivity index (χ0) is 15.8. The maximum atomic E-state index is 12.2. The molecule has 2 fully saturated rings. The predicted molar refractivity (Wildman–Crippen MR) is 74.6 cm³/mol. The first-order chi connectivity index (χ1) is 9.69. The Morgan fingerprint density at radius 1 is 1.38 bits per heavy atom. The van der Waals surface area contributed by atoms with Crippen molar-refractivity contribution >= 4 is 17.8 Å². The lowest BCUT2D eigenvalue weighted by Crippen LogP contribution is -2.48. The molecule has 1 amide bonds. The lowest BCUT2D eigenvalue weighted by Gasteiger charge is -2.34. The molecule has 1 saturated carbocycles. The molecule has 0 bridgehead atoms. The van der Waals surface area contributed by atoms with Crippen molar-refractivity contribution in [2.24, 2.45) is 11.3 Å². The summed E-state index contributed by atoms with van der Waals surface area (Å²) in [5.74, 6) is -0.688. The van der Waals surface area contributed by atoms with E-state index in [0.717, 1.165) is 0 Å². The highest BCUT2D eigenvalue weighted by atomic mass is 16.6. The number of piperidine rings is 1. The monoisotopic (exact) mass is 297 g/mol. The summed E-state index contributed by atoms with van der Waals surface area (Å²) in [4.78, 5) is 37.6. The highest BCUT2D eigenvalue weighted by Crippen LogP contribution is 2.56. The van der Waals surface area contributed by atoms with E-state index in [1.165, 1.54) is 4.90 Å². The van der Waals surface area contributed by atoms with Gasteiger partial charge in [0, 0.05) is 19.5 Å². The van der Waals surface area contributed by atoms with Gasteiger partial charge in [0.25, 0.3) is 0 Å². The summed E-state index contributed by atoms with van der Waals surface area (Å²) in [6.07, 6.45) is 0.322. The molecule has 2 atom stereocenters. The minimum Gasteiger partial charge on any atom is -0.466 e. The van der Waals surface area contributed by atoms with Crippen molar-refractivity contribution in [2.75, 3.05) is 19.7 Å². The quantitative estimate of drug-likeness (QED) is 0.726. The van der Waals surface area contributed by atoms with Crippen LogP contribution in [0.5, 0.6) is 0 Å². The molecule has 2 rings (SSSR count). The first-order valence-corrected chi connectivity index (χ1v) is 7.37. The molecule has 2 unspecified atom stereocenters. The van der Waals surface area contributed by atoms with Crippen molar-refractivity contribution in [3.63, 3.8) is 0 Å². The third-order valence-electron chi connectivity index (χ3n) is 3.94. The number of esters is 1. The smallest absolute Gasteiger partial charge is 0.410 e. The third kappa shape index (κ3) is 3.19. The molecular weight excluding hydrogens is 274 g/mol. The van der Waals surface area contributed by atoms with Crippen LogP contribution in [0.2, 0.25) is 0 Å². The van der Waals surface area contributed by atoms with Gasteiger partial charge in [-0.15, -0.1) is 0 Å². The third-order valence-corrected chi connectivity index (χ3v) is 3.94. The Morgan fingerprint density at radius 2 is 2.05 bits per heavy atom. The maximum absolute atomic E-state index is 12.2. The van der Waals surface area contributed by atoms with Gasteiger partial charge in [0.15, 0.2) is 0 Å². The van der Waals surface area contributed by atoms with E-state index < -0.39 is 23.0 Å². The number of hydrogen-bond donors (Lipinski definition) is 0. The van der Waals surface area contributed by atoms with Gasteiger partial charge in [-0.25, -0.2) is 4.79 Å². The van der Waals surface area contributed by atoms with Crippen LogP contribution in [0.15, 0.2) is 0 Å². The predicted octanol–water partition coefficient (Wildman–Crippen LogP) is 1.77. The molecule has 1 aliphatic heterocycles. The van der Waals surface area contributed by atoms with E-state index >= 15 is 0 Å². The van der Waals surface area contributed by atoms with Gasteiger partial charge in [0.1, 0.15) is 11.4 Å². The highest BCUT2D eigenvalue weighted by molar-refractivity contribution is 5.97. The zero-order valence-corrected chi connectivity index (χ0v) is 13.1. The number of hydrogen-bond acceptors (Lipinski definition) is 5. The molecular formula is C15H23NO5. The Hall–Kier alpha value is -1.59. The van der Waals surface area contributed by atoms with E-state index in [4.69, 9.17) is 9.47 Å². The Balaban J connectivity index is 2.03. The van der Waals surface area contributed by atoms with E-state index in [1.807, 2.05) is 0 Å². The topological polar surface area (TPSA) is 72.9 Å². The standard InChI is InChI=1S/C15H23NO5/c1-5-20-12(18)10-8-15(10)9-16(7-6-11(15)17)13(19)21-14(2,3)4/h10H,5-9H2,1-4H3. The summed E-state index contributed by atoms with van der Waals surface area (Å²) in [5, 5.41) is 0. The molecule has 1 saturated heterocycles. The number of likely N-dealkylation sites (tertiary alicyclic amines) is 1. The van der Waals surface area contributed by atoms with Gasteiger partial charge in [-0.2, -0.15) is 0 Å². The summed E-state index contributed by atoms with van der Waals surface area (Å²) in [7, 11) is 0. The highest BCUT2D eigenvalue weighted by Gasteiger charge is 2.65. The van der Waals surface area contributed by atoms with Crippen LogP contribution >= 0.6 is 0 Å². The summed E-state index contributed by atoms with van der Waals surface area (Å²) >= 11 is 0. The number of Topliss-reactive ketones (excluding diaryl/α,β-unsaturated/α-hetero) is 1. The Kier molecular flexibility index (Phi) is 4.00. The van der Waals surface area contributed by atoms with Gasteiger partial charge in [0.2, 0.25) is 0 Å². The summed E-state index contributed by atoms with van der Waals surface area (Å²) in [6.45, 7) is 8.05. The van der Waals surface area contributed by atoms with Crippen molar-refractivity contribution in [3.05, 3.63) is 0 Å². The fourth-order valence-electron chi connectivity index (χ4n) is 2.82. The first-order valence-electron chi connectivity index (χ1n) is 7.37. The molecule has 1 aliphatic carbocycles. The van der Waals surface area contributed by atoms with Gasteiger partial charge >= 0.3 is 12.1 Å². The van der Waals surface area contributed by atoms with Crippen LogP contribution in [0.25, 0.3) is 0 Å². The summed E-state index contributed by atoms with van der Waals surface area (Å²) in [5.41, 5.74) is -1.31. The molecule has 1 heterocycles. The maximum Gasteiger partial charge on any atom is 0.410 e. The van der Waals surface area contributed by atoms with Crippen molar-refractivity contribution < 1.29 is 23.9 Å². The van der Waals surface area contributed by atoms with Crippen LogP contribution in [0.3, 0.4) is 0 Å². The average Bonchev–Trinajstić information content (AvgIpc) is 3.06. The number of ether oxygens (including phenoxy) is 2. The van der Waals surface area contributed by atoms with E-state index in [2.05, 4.69) is 0 Å². The van der Waals surface area contributed by atoms with Gasteiger partial charge in [-0.3, -0.25) is 9.59 Å². The van der Waals surface area contributed by atoms with Crippen molar-refractivity contribution in [3.8, 4) is 0 Å². The Bertz CT molecular complexity index is 467. The minimum absolute atomic E-state index is 0.0559. The molecule has 1 spiro atoms. The Labute approximate surface area is 124 Å². The van der Waals surface area contributed by atoms with E-state index in [-0.39, 0.29) is 24.7 Å². The van der Waals surface area contributed by atoms with Crippen LogP contribution in [0.1, 0.15) is 40.5 Å². The van der Waals surface area contributed by atoms with Gasteiger partial charge in [-0.05, 0) is 34.1 Å². The van der Waals surface area contributed by atoms with Crippen LogP contribution in [-0.2, 0) is 19.1 Å². The Morgan fingerprint density at radius 3 is 2.62 bits per heavy atom. The second-order valence-electron chi connectivity index (χ2n) is 6.74. The first kappa shape index (κ1) is 15.8. The summed E-state index contributed by atoms with van der Waals surface area (Å²) in [6, 6.07) is 0. The molecule has 6 heteroatoms. The molecule has 2 aliphatic rings. The molecule has 6 nitrogen and oxygen atoms in total. The normalized spacial score (nSPS) is 28.5. The molecule has 0 N–H and O–H groups in total. The van der Waals surface area contributed by atoms with E-state index in [1.54, 1.807) is 27.7 Å². The summed E-state index contributed by atoms with van der Waals surface area (Å²) < 4.78 is 10.3. The van der Waals surface area contributed by atoms with Crippen LogP contribution in [-0.4, -0.2) is 48.0 Å². The molecule has 21 heavy (non-hydrogen) atoms. The van der Waals surface area contributed by atoms with E-state index in [0.29, 0.717) is 19.6 Å². The largest absolute Gasteiger partial charge is 0.466 e. The lowest BCUT2D eigenvalue weighted by molar-refractivity contribution is -0.148. The van der Waals surface area contributed by atoms with Crippen molar-refractivity contribution in [2.45, 2.75) is 46.1 Å². The number of rotatable bonds is 2. The zero-order valence-electron chi connectivity index (χ0n) is 13.1. The van der Waals surface area contributed by atoms with Gasteiger partial charge in [0.05, 0.1) is 17.9 Å². The van der Waals surface area contributed by atoms with Gasteiger partial charge in [-0.1, -0.05) is 0 Å². The lowest BCUT2D eigenvalue weighted by atomic mass is 9.91. The fourth-order valence-corrected chi connectivity index (χ4v) is 2.82. The van der Waals surface area contributed by atoms with Crippen LogP contribution < -0.4 is 0 Å². The van der Waals surface area contributed by atoms with Gasteiger partial charge < -0.3 is 14.4 Å². The van der Waals surface area contributed by atoms with Crippen LogP contribution in [0, 0.1) is 11.3 Å².